The van der Waals surface area contributed by atoms with Crippen molar-refractivity contribution in [1.82, 2.24) is 44.4 Å². The van der Waals surface area contributed by atoms with Gasteiger partial charge in [-0.3, -0.25) is 29.1 Å². The molecule has 0 radical (unpaired) electrons. The van der Waals surface area contributed by atoms with E-state index in [0.717, 1.165) is 74.7 Å². The Bertz CT molecular complexity index is 2390. The number of piperidine rings is 3. The molecule has 9 rings (SSSR count). The van der Waals surface area contributed by atoms with Gasteiger partial charge in [-0.2, -0.15) is 15.3 Å². The average Bonchev–Trinajstić information content (AvgIpc) is 3.94. The van der Waals surface area contributed by atoms with Crippen molar-refractivity contribution in [3.05, 3.63) is 59.8 Å². The maximum Gasteiger partial charge on any atom is 0.284 e. The molecule has 5 N–H and O–H groups in total. The number of nitrogens with zero attached hydrogens (tertiary/aromatic N) is 9. The Kier molecular flexibility index (Phi) is 11.0. The van der Waals surface area contributed by atoms with Crippen LogP contribution in [0.4, 0.5) is 30.4 Å². The summed E-state index contributed by atoms with van der Waals surface area (Å²) in [6, 6.07) is 7.56. The van der Waals surface area contributed by atoms with Gasteiger partial charge in [0.05, 0.1) is 47.3 Å². The molecule has 3 amide bonds. The molecule has 16 nitrogen and oxygen atoms in total. The topological polar surface area (TPSA) is 186 Å². The predicted octanol–water partition coefficient (Wildman–Crippen LogP) is 4.71. The number of alkyl halides is 3. The Balaban J connectivity index is 0.784. The van der Waals surface area contributed by atoms with Crippen LogP contribution in [0.15, 0.2) is 42.9 Å². The number of halogens is 3. The third kappa shape index (κ3) is 8.03. The van der Waals surface area contributed by atoms with E-state index in [2.05, 4.69) is 42.1 Å². The Morgan fingerprint density at radius 1 is 1.02 bits per heavy atom. The number of hydrogen-bond acceptors (Lipinski definition) is 11. The lowest BCUT2D eigenvalue weighted by Crippen LogP contribution is -2.48. The molecule has 3 atom stereocenters. The zero-order valence-corrected chi connectivity index (χ0v) is 33.4. The van der Waals surface area contributed by atoms with E-state index in [0.29, 0.717) is 36.8 Å². The van der Waals surface area contributed by atoms with Gasteiger partial charge >= 0.3 is 0 Å². The number of aromatic nitrogens is 7. The summed E-state index contributed by atoms with van der Waals surface area (Å²) >= 11 is 0. The van der Waals surface area contributed by atoms with Crippen molar-refractivity contribution in [3.8, 4) is 0 Å². The van der Waals surface area contributed by atoms with Crippen LogP contribution in [-0.4, -0.2) is 108 Å². The summed E-state index contributed by atoms with van der Waals surface area (Å²) in [5.74, 6) is -0.710. The molecule has 60 heavy (non-hydrogen) atoms. The summed E-state index contributed by atoms with van der Waals surface area (Å²) < 4.78 is 47.7. The number of benzene rings is 1. The van der Waals surface area contributed by atoms with E-state index >= 15 is 0 Å². The van der Waals surface area contributed by atoms with Gasteiger partial charge in [-0.25, -0.2) is 22.7 Å². The van der Waals surface area contributed by atoms with Gasteiger partial charge in [0.2, 0.25) is 11.8 Å². The summed E-state index contributed by atoms with van der Waals surface area (Å²) in [4.78, 5) is 46.7. The van der Waals surface area contributed by atoms with E-state index in [1.54, 1.807) is 21.8 Å². The van der Waals surface area contributed by atoms with Gasteiger partial charge in [-0.1, -0.05) is 12.1 Å². The number of rotatable bonds is 10. The van der Waals surface area contributed by atoms with E-state index in [1.807, 2.05) is 23.9 Å². The lowest BCUT2D eigenvalue weighted by molar-refractivity contribution is -0.134. The van der Waals surface area contributed by atoms with E-state index < -0.39 is 30.1 Å². The largest absolute Gasteiger partial charge is 0.380 e. The summed E-state index contributed by atoms with van der Waals surface area (Å²) in [6.45, 7) is 3.43. The van der Waals surface area contributed by atoms with Crippen LogP contribution < -0.4 is 26.6 Å². The molecule has 19 heteroatoms. The first-order valence-corrected chi connectivity index (χ1v) is 20.9. The predicted molar refractivity (Wildman–Crippen MR) is 218 cm³/mol. The number of nitrogens with one attached hydrogen (secondary N) is 3. The van der Waals surface area contributed by atoms with Crippen LogP contribution in [0.3, 0.4) is 0 Å². The van der Waals surface area contributed by atoms with Crippen LogP contribution in [-0.2, 0) is 16.6 Å². The SMILES string of the molecule is Cn1nc(C2CCC(=O)NC2=O)c2cccc(NC3CCN(CC4CCC(n5cc(NC(=O)c6cnn7ccc(N8C[C@H](N)C[C@@H](F)C8)nc67)c(C(F)F)n5)CC4)CC3)c21. The minimum atomic E-state index is -2.90. The molecule has 3 aliphatic heterocycles. The molecule has 4 fully saturated rings. The van der Waals surface area contributed by atoms with Gasteiger partial charge in [0.1, 0.15) is 17.6 Å². The molecule has 5 aromatic rings. The Morgan fingerprint density at radius 3 is 2.57 bits per heavy atom. The molecule has 7 heterocycles. The second-order valence-electron chi connectivity index (χ2n) is 16.9. The monoisotopic (exact) mass is 829 g/mol. The van der Waals surface area contributed by atoms with Gasteiger partial charge in [0, 0.05) is 69.5 Å². The summed E-state index contributed by atoms with van der Waals surface area (Å²) in [7, 11) is 1.89. The maximum absolute atomic E-state index is 14.3. The quantitative estimate of drug-likeness (QED) is 0.143. The van der Waals surface area contributed by atoms with Crippen molar-refractivity contribution in [1.29, 1.82) is 0 Å². The average molecular weight is 830 g/mol. The number of para-hydroxylation sites is 1. The zero-order valence-electron chi connectivity index (χ0n) is 33.4. The number of aryl methyl sites for hydroxylation is 1. The number of carbonyl (C=O) groups excluding carboxylic acids is 3. The molecule has 0 bridgehead atoms. The van der Waals surface area contributed by atoms with E-state index in [-0.39, 0.29) is 59.8 Å². The number of amides is 3. The molecule has 4 aromatic heterocycles. The highest BCUT2D eigenvalue weighted by Crippen LogP contribution is 2.37. The molecular formula is C41H50F3N13O3. The van der Waals surface area contributed by atoms with Crippen LogP contribution in [0.25, 0.3) is 16.6 Å². The molecule has 1 aromatic carbocycles. The lowest BCUT2D eigenvalue weighted by Gasteiger charge is -2.37. The summed E-state index contributed by atoms with van der Waals surface area (Å²) in [5, 5.41) is 23.0. The van der Waals surface area contributed by atoms with Gasteiger partial charge in [0.15, 0.2) is 11.3 Å². The molecule has 318 valence electrons. The van der Waals surface area contributed by atoms with E-state index in [4.69, 9.17) is 10.8 Å². The first-order chi connectivity index (χ1) is 29.0. The highest BCUT2D eigenvalue weighted by molar-refractivity contribution is 6.08. The number of nitrogens with two attached hydrogens (primary N) is 1. The molecule has 4 aliphatic rings. The van der Waals surface area contributed by atoms with E-state index in [1.165, 1.54) is 16.9 Å². The van der Waals surface area contributed by atoms with Crippen molar-refractivity contribution in [2.24, 2.45) is 18.7 Å². The first-order valence-electron chi connectivity index (χ1n) is 20.9. The maximum atomic E-state index is 14.3. The number of imide groups is 1. The number of hydrogen-bond donors (Lipinski definition) is 4. The van der Waals surface area contributed by atoms with Gasteiger partial charge < -0.3 is 26.2 Å². The molecule has 1 aliphatic carbocycles. The Labute approximate surface area is 344 Å². The molecule has 1 unspecified atom stereocenters. The van der Waals surface area contributed by atoms with Crippen LogP contribution >= 0.6 is 0 Å². The van der Waals surface area contributed by atoms with Crippen LogP contribution in [0.1, 0.15) is 97.9 Å². The lowest BCUT2D eigenvalue weighted by atomic mass is 9.85. The number of anilines is 3. The standard InChI is InChI=1S/C41H50F3N13O3/c1-53-37-28(35(51-53)29-9-10-34(58)50-40(29)59)3-2-4-31(37)47-26-11-14-54(15-12-26)19-23-5-7-27(8-6-23)57-22-32(36(52-57)38(43)44)48-41(60)30-18-46-56-16-13-33(49-39(30)56)55-20-24(42)17-25(45)21-55/h2-4,13,16,18,22-27,29,38,47H,5-12,14-15,17,19-21,45H2,1H3,(H,48,60)(H,50,58,59)/t23?,24-,25-,27?,29?/m1/s1. The van der Waals surface area contributed by atoms with Crippen LogP contribution in [0.5, 0.6) is 0 Å². The third-order valence-electron chi connectivity index (χ3n) is 12.7. The minimum Gasteiger partial charge on any atom is -0.380 e. The fourth-order valence-corrected chi connectivity index (χ4v) is 9.63. The fourth-order valence-electron chi connectivity index (χ4n) is 9.63. The minimum absolute atomic E-state index is 0.0548. The Hall–Kier alpha value is -5.56. The first kappa shape index (κ1) is 39.9. The molecule has 1 saturated carbocycles. The van der Waals surface area contributed by atoms with Gasteiger partial charge in [-0.15, -0.1) is 0 Å². The fraction of sp³-hybridized carbons (Fsp3) is 0.537. The van der Waals surface area contributed by atoms with Crippen molar-refractivity contribution in [2.45, 2.75) is 94.4 Å². The number of fused-ring (bicyclic) bond motifs is 2. The van der Waals surface area contributed by atoms with Gasteiger partial charge in [-0.05, 0) is 69.4 Å². The smallest absolute Gasteiger partial charge is 0.284 e. The van der Waals surface area contributed by atoms with Crippen LogP contribution in [0.2, 0.25) is 0 Å². The highest BCUT2D eigenvalue weighted by Gasteiger charge is 2.34. The molecule has 0 spiro atoms. The van der Waals surface area contributed by atoms with Crippen molar-refractivity contribution in [2.75, 3.05) is 48.3 Å². The van der Waals surface area contributed by atoms with E-state index in [9.17, 15) is 27.6 Å². The highest BCUT2D eigenvalue weighted by atomic mass is 19.3. The van der Waals surface area contributed by atoms with Gasteiger partial charge in [0.25, 0.3) is 12.3 Å². The normalized spacial score (nSPS) is 24.7. The Morgan fingerprint density at radius 2 is 1.82 bits per heavy atom. The molecular weight excluding hydrogens is 780 g/mol. The second-order valence-corrected chi connectivity index (χ2v) is 16.9. The van der Waals surface area contributed by atoms with Crippen molar-refractivity contribution >= 4 is 51.5 Å². The van der Waals surface area contributed by atoms with Crippen molar-refractivity contribution in [3.63, 3.8) is 0 Å². The zero-order chi connectivity index (χ0) is 41.7. The molecule has 3 saturated heterocycles. The third-order valence-corrected chi connectivity index (χ3v) is 12.7. The number of likely N-dealkylation sites (tertiary alicyclic amines) is 1. The second kappa shape index (κ2) is 16.5. The number of carbonyl (C=O) groups is 3. The summed E-state index contributed by atoms with van der Waals surface area (Å²) in [6.07, 6.45) is 6.88. The summed E-state index contributed by atoms with van der Waals surface area (Å²) in [5.41, 5.74) is 8.42. The van der Waals surface area contributed by atoms with Crippen LogP contribution in [0, 0.1) is 5.92 Å². The van der Waals surface area contributed by atoms with Crippen molar-refractivity contribution < 1.29 is 27.6 Å².